The smallest absolute Gasteiger partial charge is 0.264 e. The quantitative estimate of drug-likeness (QED) is 0.532. The standard InChI is InChI=1S/C25H25FN2O5S/c1-17(2)18-6-8-20(9-7-18)27-25(29)16-28(21-5-3-4-19(26)14-21)34(30,31)22-10-11-23-24(15-22)33-13-12-32-23/h3-11,14-15,17H,12-13,16H2,1-2H3,(H,27,29). The number of fused-ring (bicyclic) bond motifs is 1. The Balaban J connectivity index is 1.63. The Morgan fingerprint density at radius 3 is 2.38 bits per heavy atom. The summed E-state index contributed by atoms with van der Waals surface area (Å²) in [5.74, 6) is -0.122. The van der Waals surface area contributed by atoms with E-state index >= 15 is 0 Å². The lowest BCUT2D eigenvalue weighted by molar-refractivity contribution is -0.114. The molecule has 7 nitrogen and oxygen atoms in total. The van der Waals surface area contributed by atoms with Crippen LogP contribution in [0.5, 0.6) is 11.5 Å². The monoisotopic (exact) mass is 484 g/mol. The maximum absolute atomic E-state index is 14.0. The lowest BCUT2D eigenvalue weighted by atomic mass is 10.0. The van der Waals surface area contributed by atoms with Crippen LogP contribution in [0.4, 0.5) is 15.8 Å². The summed E-state index contributed by atoms with van der Waals surface area (Å²) in [6, 6.07) is 16.6. The second-order valence-electron chi connectivity index (χ2n) is 8.12. The fourth-order valence-corrected chi connectivity index (χ4v) is 4.97. The highest BCUT2D eigenvalue weighted by atomic mass is 32.2. The fraction of sp³-hybridized carbons (Fsp3) is 0.240. The second kappa shape index (κ2) is 9.72. The zero-order chi connectivity index (χ0) is 24.3. The number of halogens is 1. The fourth-order valence-electron chi connectivity index (χ4n) is 3.54. The van der Waals surface area contributed by atoms with E-state index in [0.29, 0.717) is 36.3 Å². The zero-order valence-corrected chi connectivity index (χ0v) is 19.6. The molecule has 1 aliphatic rings. The zero-order valence-electron chi connectivity index (χ0n) is 18.8. The molecule has 0 aliphatic carbocycles. The number of rotatable bonds is 7. The first-order valence-corrected chi connectivity index (χ1v) is 12.3. The molecule has 1 heterocycles. The summed E-state index contributed by atoms with van der Waals surface area (Å²) in [6.07, 6.45) is 0. The molecule has 34 heavy (non-hydrogen) atoms. The molecule has 0 saturated heterocycles. The van der Waals surface area contributed by atoms with Gasteiger partial charge in [-0.05, 0) is 53.9 Å². The van der Waals surface area contributed by atoms with Crippen molar-refractivity contribution in [3.8, 4) is 11.5 Å². The van der Waals surface area contributed by atoms with Gasteiger partial charge in [0.25, 0.3) is 10.0 Å². The summed E-state index contributed by atoms with van der Waals surface area (Å²) in [5.41, 5.74) is 1.67. The van der Waals surface area contributed by atoms with Crippen molar-refractivity contribution in [3.63, 3.8) is 0 Å². The number of benzene rings is 3. The average Bonchev–Trinajstić information content (AvgIpc) is 2.82. The van der Waals surface area contributed by atoms with Gasteiger partial charge in [-0.2, -0.15) is 0 Å². The summed E-state index contributed by atoms with van der Waals surface area (Å²) in [4.78, 5) is 12.8. The van der Waals surface area contributed by atoms with Gasteiger partial charge in [-0.25, -0.2) is 12.8 Å². The maximum Gasteiger partial charge on any atom is 0.264 e. The molecular formula is C25H25FN2O5S. The first-order chi connectivity index (χ1) is 16.2. The third-order valence-corrected chi connectivity index (χ3v) is 7.12. The first kappa shape index (κ1) is 23.6. The molecular weight excluding hydrogens is 459 g/mol. The van der Waals surface area contributed by atoms with Crippen molar-refractivity contribution in [2.24, 2.45) is 0 Å². The van der Waals surface area contributed by atoms with Crippen LogP contribution in [0.1, 0.15) is 25.3 Å². The van der Waals surface area contributed by atoms with Crippen molar-refractivity contribution in [1.82, 2.24) is 0 Å². The Hall–Kier alpha value is -3.59. The van der Waals surface area contributed by atoms with E-state index in [2.05, 4.69) is 19.2 Å². The Bertz CT molecular complexity index is 1290. The van der Waals surface area contributed by atoms with E-state index < -0.39 is 28.3 Å². The normalized spacial score (nSPS) is 12.9. The van der Waals surface area contributed by atoms with Gasteiger partial charge in [0.1, 0.15) is 25.6 Å². The molecule has 0 spiro atoms. The molecule has 0 fully saturated rings. The molecule has 0 atom stereocenters. The second-order valence-corrected chi connectivity index (χ2v) is 9.98. The molecule has 1 amide bonds. The van der Waals surface area contributed by atoms with Gasteiger partial charge in [-0.15, -0.1) is 0 Å². The molecule has 9 heteroatoms. The maximum atomic E-state index is 14.0. The molecule has 0 bridgehead atoms. The van der Waals surface area contributed by atoms with E-state index in [1.807, 2.05) is 12.1 Å². The van der Waals surface area contributed by atoms with Crippen molar-refractivity contribution in [1.29, 1.82) is 0 Å². The highest BCUT2D eigenvalue weighted by Crippen LogP contribution is 2.34. The summed E-state index contributed by atoms with van der Waals surface area (Å²) < 4.78 is 52.9. The molecule has 1 aliphatic heterocycles. The lowest BCUT2D eigenvalue weighted by Gasteiger charge is -2.25. The van der Waals surface area contributed by atoms with Gasteiger partial charge >= 0.3 is 0 Å². The van der Waals surface area contributed by atoms with Gasteiger partial charge < -0.3 is 14.8 Å². The highest BCUT2D eigenvalue weighted by molar-refractivity contribution is 7.92. The van der Waals surface area contributed by atoms with Crippen LogP contribution in [0.2, 0.25) is 0 Å². The largest absolute Gasteiger partial charge is 0.486 e. The van der Waals surface area contributed by atoms with Gasteiger partial charge in [0, 0.05) is 11.8 Å². The molecule has 3 aromatic rings. The van der Waals surface area contributed by atoms with Crippen LogP contribution in [0.25, 0.3) is 0 Å². The number of carbonyl (C=O) groups is 1. The summed E-state index contributed by atoms with van der Waals surface area (Å²) in [6.45, 7) is 4.24. The molecule has 0 unspecified atom stereocenters. The van der Waals surface area contributed by atoms with Crippen LogP contribution < -0.4 is 19.1 Å². The van der Waals surface area contributed by atoms with E-state index in [9.17, 15) is 17.6 Å². The van der Waals surface area contributed by atoms with Gasteiger partial charge in [-0.3, -0.25) is 9.10 Å². The van der Waals surface area contributed by atoms with Crippen molar-refractivity contribution in [2.45, 2.75) is 24.7 Å². The van der Waals surface area contributed by atoms with Crippen molar-refractivity contribution < 1.29 is 27.1 Å². The first-order valence-electron chi connectivity index (χ1n) is 10.8. The number of nitrogens with zero attached hydrogens (tertiary/aromatic N) is 1. The molecule has 3 aromatic carbocycles. The third-order valence-electron chi connectivity index (χ3n) is 5.35. The number of hydrogen-bond donors (Lipinski definition) is 1. The van der Waals surface area contributed by atoms with E-state index in [0.717, 1.165) is 15.9 Å². The van der Waals surface area contributed by atoms with Gasteiger partial charge in [0.2, 0.25) is 5.91 Å². The van der Waals surface area contributed by atoms with E-state index in [1.165, 1.54) is 36.4 Å². The number of amides is 1. The SMILES string of the molecule is CC(C)c1ccc(NC(=O)CN(c2cccc(F)c2)S(=O)(=O)c2ccc3c(c2)OCCO3)cc1. The summed E-state index contributed by atoms with van der Waals surface area (Å²) in [7, 11) is -4.24. The number of sulfonamides is 1. The van der Waals surface area contributed by atoms with Crippen molar-refractivity contribution in [3.05, 3.63) is 78.1 Å². The Morgan fingerprint density at radius 1 is 1.00 bits per heavy atom. The molecule has 178 valence electrons. The van der Waals surface area contributed by atoms with Crippen molar-refractivity contribution >= 4 is 27.3 Å². The van der Waals surface area contributed by atoms with E-state index in [-0.39, 0.29) is 10.6 Å². The minimum absolute atomic E-state index is 0.0280. The minimum Gasteiger partial charge on any atom is -0.486 e. The summed E-state index contributed by atoms with van der Waals surface area (Å²) in [5, 5.41) is 2.71. The van der Waals surface area contributed by atoms with Crippen LogP contribution in [-0.2, 0) is 14.8 Å². The average molecular weight is 485 g/mol. The van der Waals surface area contributed by atoms with E-state index in [1.54, 1.807) is 12.1 Å². The Morgan fingerprint density at radius 2 is 1.71 bits per heavy atom. The van der Waals surface area contributed by atoms with Crippen LogP contribution in [0, 0.1) is 5.82 Å². The van der Waals surface area contributed by atoms with Gasteiger partial charge in [0.15, 0.2) is 11.5 Å². The Kier molecular flexibility index (Phi) is 6.74. The van der Waals surface area contributed by atoms with E-state index in [4.69, 9.17) is 9.47 Å². The predicted octanol–water partition coefficient (Wildman–Crippen LogP) is 4.55. The van der Waals surface area contributed by atoms with Crippen LogP contribution in [0.15, 0.2) is 71.6 Å². The third kappa shape index (κ3) is 5.14. The molecule has 4 rings (SSSR count). The number of hydrogen-bond acceptors (Lipinski definition) is 5. The molecule has 0 aromatic heterocycles. The number of carbonyl (C=O) groups excluding carboxylic acids is 1. The highest BCUT2D eigenvalue weighted by Gasteiger charge is 2.29. The topological polar surface area (TPSA) is 84.9 Å². The number of ether oxygens (including phenoxy) is 2. The summed E-state index contributed by atoms with van der Waals surface area (Å²) >= 11 is 0. The van der Waals surface area contributed by atoms with Crippen LogP contribution in [0.3, 0.4) is 0 Å². The van der Waals surface area contributed by atoms with Gasteiger partial charge in [-0.1, -0.05) is 32.0 Å². The van der Waals surface area contributed by atoms with Crippen molar-refractivity contribution in [2.75, 3.05) is 29.4 Å². The molecule has 0 saturated carbocycles. The minimum atomic E-state index is -4.24. The number of anilines is 2. The molecule has 0 radical (unpaired) electrons. The molecule has 1 N–H and O–H groups in total. The Labute approximate surface area is 198 Å². The van der Waals surface area contributed by atoms with Crippen LogP contribution in [-0.4, -0.2) is 34.1 Å². The number of nitrogens with one attached hydrogen (secondary N) is 1. The predicted molar refractivity (Wildman–Crippen MR) is 128 cm³/mol. The van der Waals surface area contributed by atoms with Crippen LogP contribution >= 0.6 is 0 Å². The lowest BCUT2D eigenvalue weighted by Crippen LogP contribution is -2.38. The van der Waals surface area contributed by atoms with Gasteiger partial charge in [0.05, 0.1) is 10.6 Å².